The van der Waals surface area contributed by atoms with Crippen molar-refractivity contribution in [3.05, 3.63) is 82.4 Å². The van der Waals surface area contributed by atoms with Crippen LogP contribution in [0.15, 0.2) is 66.7 Å². The summed E-state index contributed by atoms with van der Waals surface area (Å²) in [5, 5.41) is 24.4. The second kappa shape index (κ2) is 6.93. The van der Waals surface area contributed by atoms with E-state index in [4.69, 9.17) is 0 Å². The number of nitrogens with zero attached hydrogens (tertiary/aromatic N) is 3. The van der Waals surface area contributed by atoms with Crippen LogP contribution in [0.2, 0.25) is 0 Å². The molecule has 1 amide bonds. The van der Waals surface area contributed by atoms with Gasteiger partial charge in [-0.3, -0.25) is 20.2 Å². The van der Waals surface area contributed by atoms with E-state index in [1.807, 2.05) is 36.4 Å². The highest BCUT2D eigenvalue weighted by Gasteiger charge is 2.14. The Morgan fingerprint density at radius 2 is 1.78 bits per heavy atom. The molecular weight excluding hydrogens is 364 g/mol. The molecule has 0 radical (unpaired) electrons. The highest BCUT2D eigenvalue weighted by molar-refractivity contribution is 7.18. The lowest BCUT2D eigenvalue weighted by atomic mass is 10.1. The standard InChI is InChI=1S/C19H12N4O3S/c24-17(14-9-8-12-4-1-2-5-13(12)10-14)20-19-22-21-18(27-19)15-6-3-7-16(11-15)23(25)26/h1-11H,(H,20,22,24). The van der Waals surface area contributed by atoms with Crippen molar-refractivity contribution in [2.24, 2.45) is 0 Å². The fourth-order valence-corrected chi connectivity index (χ4v) is 3.38. The van der Waals surface area contributed by atoms with E-state index in [1.165, 1.54) is 12.1 Å². The van der Waals surface area contributed by atoms with Crippen LogP contribution >= 0.6 is 11.3 Å². The Labute approximate surface area is 157 Å². The number of rotatable bonds is 4. The number of nitrogens with one attached hydrogen (secondary N) is 1. The van der Waals surface area contributed by atoms with Gasteiger partial charge in [0.2, 0.25) is 5.13 Å². The summed E-state index contributed by atoms with van der Waals surface area (Å²) in [5.74, 6) is -0.289. The molecule has 0 bridgehead atoms. The summed E-state index contributed by atoms with van der Waals surface area (Å²) in [5.41, 5.74) is 1.07. The third-order valence-corrected chi connectivity index (χ3v) is 4.85. The van der Waals surface area contributed by atoms with Crippen LogP contribution < -0.4 is 5.32 Å². The highest BCUT2D eigenvalue weighted by Crippen LogP contribution is 2.29. The molecule has 4 aromatic rings. The molecule has 7 nitrogen and oxygen atoms in total. The zero-order valence-corrected chi connectivity index (χ0v) is 14.6. The normalized spacial score (nSPS) is 10.7. The Hall–Kier alpha value is -3.65. The maximum Gasteiger partial charge on any atom is 0.270 e. The fraction of sp³-hybridized carbons (Fsp3) is 0. The van der Waals surface area contributed by atoms with Gasteiger partial charge in [0.1, 0.15) is 5.01 Å². The highest BCUT2D eigenvalue weighted by atomic mass is 32.1. The smallest absolute Gasteiger partial charge is 0.270 e. The molecule has 0 fully saturated rings. The Balaban J connectivity index is 1.55. The second-order valence-electron chi connectivity index (χ2n) is 5.74. The number of hydrogen-bond acceptors (Lipinski definition) is 6. The summed E-state index contributed by atoms with van der Waals surface area (Å²) < 4.78 is 0. The predicted molar refractivity (Wildman–Crippen MR) is 104 cm³/mol. The van der Waals surface area contributed by atoms with Gasteiger partial charge in [-0.15, -0.1) is 10.2 Å². The van der Waals surface area contributed by atoms with Gasteiger partial charge in [0.15, 0.2) is 0 Å². The second-order valence-corrected chi connectivity index (χ2v) is 6.71. The van der Waals surface area contributed by atoms with E-state index in [0.717, 1.165) is 22.1 Å². The molecule has 3 aromatic carbocycles. The molecule has 0 spiro atoms. The fourth-order valence-electron chi connectivity index (χ4n) is 2.64. The lowest BCUT2D eigenvalue weighted by molar-refractivity contribution is -0.384. The Morgan fingerprint density at radius 3 is 2.59 bits per heavy atom. The predicted octanol–water partition coefficient (Wildman–Crippen LogP) is 4.52. The molecule has 132 valence electrons. The van der Waals surface area contributed by atoms with Crippen molar-refractivity contribution in [3.8, 4) is 10.6 Å². The van der Waals surface area contributed by atoms with Gasteiger partial charge in [0, 0.05) is 23.3 Å². The molecular formula is C19H12N4O3S. The molecule has 0 unspecified atom stereocenters. The van der Waals surface area contributed by atoms with Crippen molar-refractivity contribution in [1.82, 2.24) is 10.2 Å². The van der Waals surface area contributed by atoms with Crippen LogP contribution in [0.1, 0.15) is 10.4 Å². The number of non-ortho nitro benzene ring substituents is 1. The third-order valence-electron chi connectivity index (χ3n) is 3.96. The summed E-state index contributed by atoms with van der Waals surface area (Å²) >= 11 is 1.16. The van der Waals surface area contributed by atoms with E-state index in [9.17, 15) is 14.9 Å². The number of aromatic nitrogens is 2. The van der Waals surface area contributed by atoms with Crippen molar-refractivity contribution >= 4 is 38.8 Å². The average molecular weight is 376 g/mol. The van der Waals surface area contributed by atoms with Gasteiger partial charge in [-0.1, -0.05) is 53.8 Å². The summed E-state index contributed by atoms with van der Waals surface area (Å²) in [6.07, 6.45) is 0. The Bertz CT molecular complexity index is 1170. The molecule has 0 aliphatic rings. The first kappa shape index (κ1) is 16.8. The number of amides is 1. The van der Waals surface area contributed by atoms with E-state index < -0.39 is 4.92 Å². The maximum atomic E-state index is 12.5. The lowest BCUT2D eigenvalue weighted by Gasteiger charge is -2.03. The first-order valence-electron chi connectivity index (χ1n) is 7.99. The average Bonchev–Trinajstić information content (AvgIpc) is 3.16. The number of fused-ring (bicyclic) bond motifs is 1. The minimum Gasteiger partial charge on any atom is -0.296 e. The first-order valence-corrected chi connectivity index (χ1v) is 8.80. The number of nitro groups is 1. The van der Waals surface area contributed by atoms with Crippen LogP contribution in [0.25, 0.3) is 21.3 Å². The van der Waals surface area contributed by atoms with Crippen molar-refractivity contribution < 1.29 is 9.72 Å². The van der Waals surface area contributed by atoms with Crippen LogP contribution in [-0.4, -0.2) is 21.0 Å². The van der Waals surface area contributed by atoms with Crippen LogP contribution in [0.5, 0.6) is 0 Å². The zero-order valence-electron chi connectivity index (χ0n) is 13.8. The molecule has 4 rings (SSSR count). The topological polar surface area (TPSA) is 98.0 Å². The number of carbonyl (C=O) groups is 1. The quantitative estimate of drug-likeness (QED) is 0.417. The molecule has 0 aliphatic heterocycles. The van der Waals surface area contributed by atoms with Crippen LogP contribution in [0.4, 0.5) is 10.8 Å². The van der Waals surface area contributed by atoms with Gasteiger partial charge < -0.3 is 0 Å². The van der Waals surface area contributed by atoms with E-state index in [2.05, 4.69) is 15.5 Å². The largest absolute Gasteiger partial charge is 0.296 e. The van der Waals surface area contributed by atoms with Gasteiger partial charge in [0.25, 0.3) is 11.6 Å². The summed E-state index contributed by atoms with van der Waals surface area (Å²) in [6, 6.07) is 19.4. The van der Waals surface area contributed by atoms with Crippen molar-refractivity contribution in [2.45, 2.75) is 0 Å². The van der Waals surface area contributed by atoms with E-state index >= 15 is 0 Å². The molecule has 8 heteroatoms. The number of carbonyl (C=O) groups excluding carboxylic acids is 1. The molecule has 0 saturated carbocycles. The number of hydrogen-bond donors (Lipinski definition) is 1. The van der Waals surface area contributed by atoms with Gasteiger partial charge in [-0.25, -0.2) is 0 Å². The molecule has 0 aliphatic carbocycles. The minimum atomic E-state index is -0.465. The molecule has 1 N–H and O–H groups in total. The first-order chi connectivity index (χ1) is 13.1. The number of benzene rings is 3. The monoisotopic (exact) mass is 376 g/mol. The summed E-state index contributed by atoms with van der Waals surface area (Å²) in [4.78, 5) is 22.9. The van der Waals surface area contributed by atoms with Crippen LogP contribution in [-0.2, 0) is 0 Å². The third kappa shape index (κ3) is 3.51. The summed E-state index contributed by atoms with van der Waals surface area (Å²) in [6.45, 7) is 0. The van der Waals surface area contributed by atoms with Gasteiger partial charge >= 0.3 is 0 Å². The number of nitro benzene ring substituents is 1. The van der Waals surface area contributed by atoms with Gasteiger partial charge in [0.05, 0.1) is 4.92 Å². The maximum absolute atomic E-state index is 12.5. The van der Waals surface area contributed by atoms with E-state index in [-0.39, 0.29) is 11.6 Å². The SMILES string of the molecule is O=C(Nc1nnc(-c2cccc([N+](=O)[O-])c2)s1)c1ccc2ccccc2c1. The molecule has 0 saturated heterocycles. The van der Waals surface area contributed by atoms with Crippen molar-refractivity contribution in [3.63, 3.8) is 0 Å². The molecule has 27 heavy (non-hydrogen) atoms. The Morgan fingerprint density at radius 1 is 0.963 bits per heavy atom. The minimum absolute atomic E-state index is 0.0237. The van der Waals surface area contributed by atoms with Crippen molar-refractivity contribution in [2.75, 3.05) is 5.32 Å². The van der Waals surface area contributed by atoms with Crippen LogP contribution in [0.3, 0.4) is 0 Å². The number of anilines is 1. The zero-order chi connectivity index (χ0) is 18.8. The molecule has 0 atom stereocenters. The molecule has 1 heterocycles. The summed E-state index contributed by atoms with van der Waals surface area (Å²) in [7, 11) is 0. The molecule has 1 aromatic heterocycles. The van der Waals surface area contributed by atoms with E-state index in [0.29, 0.717) is 21.3 Å². The lowest BCUT2D eigenvalue weighted by Crippen LogP contribution is -2.11. The van der Waals surface area contributed by atoms with Gasteiger partial charge in [-0.05, 0) is 22.9 Å². The van der Waals surface area contributed by atoms with Gasteiger partial charge in [-0.2, -0.15) is 0 Å². The van der Waals surface area contributed by atoms with Crippen molar-refractivity contribution in [1.29, 1.82) is 0 Å². The van der Waals surface area contributed by atoms with E-state index in [1.54, 1.807) is 18.2 Å². The Kier molecular flexibility index (Phi) is 4.31. The van der Waals surface area contributed by atoms with Crippen LogP contribution in [0, 0.1) is 10.1 Å².